The molecular weight excluding hydrogens is 354 g/mol. The van der Waals surface area contributed by atoms with E-state index in [2.05, 4.69) is 21.5 Å². The number of para-hydroxylation sites is 1. The van der Waals surface area contributed by atoms with Crippen LogP contribution in [-0.2, 0) is 17.6 Å². The van der Waals surface area contributed by atoms with Crippen molar-refractivity contribution in [2.24, 2.45) is 5.92 Å². The minimum atomic E-state index is -0.00193. The van der Waals surface area contributed by atoms with Crippen molar-refractivity contribution in [1.29, 1.82) is 0 Å². The summed E-state index contributed by atoms with van der Waals surface area (Å²) in [6.45, 7) is 1.33. The van der Waals surface area contributed by atoms with Gasteiger partial charge in [-0.15, -0.1) is 0 Å². The fourth-order valence-corrected chi connectivity index (χ4v) is 3.36. The largest absolute Gasteiger partial charge is 0.493 e. The Bertz CT molecular complexity index is 924. The lowest BCUT2D eigenvalue weighted by Gasteiger charge is -2.14. The lowest BCUT2D eigenvalue weighted by Crippen LogP contribution is -2.30. The highest BCUT2D eigenvalue weighted by molar-refractivity contribution is 5.76. The molecule has 0 unspecified atom stereocenters. The van der Waals surface area contributed by atoms with Crippen LogP contribution in [0.1, 0.15) is 24.3 Å². The minimum Gasteiger partial charge on any atom is -0.493 e. The molecule has 3 aromatic rings. The molecule has 0 radical (unpaired) electrons. The zero-order valence-corrected chi connectivity index (χ0v) is 15.6. The van der Waals surface area contributed by atoms with E-state index in [1.165, 1.54) is 5.56 Å². The molecule has 0 aliphatic carbocycles. The first kappa shape index (κ1) is 18.2. The lowest BCUT2D eigenvalue weighted by atomic mass is 9.97. The Morgan fingerprint density at radius 3 is 2.82 bits per heavy atom. The fraction of sp³-hybridized carbons (Fsp3) is 0.318. The van der Waals surface area contributed by atoms with Crippen molar-refractivity contribution in [2.75, 3.05) is 13.2 Å². The number of fused-ring (bicyclic) bond motifs is 1. The molecule has 1 aliphatic heterocycles. The molecule has 1 amide bonds. The van der Waals surface area contributed by atoms with Gasteiger partial charge in [0.25, 0.3) is 0 Å². The predicted octanol–water partition coefficient (Wildman–Crippen LogP) is 3.43. The molecule has 144 valence electrons. The molecule has 0 saturated carbocycles. The summed E-state index contributed by atoms with van der Waals surface area (Å²) in [4.78, 5) is 16.6. The lowest BCUT2D eigenvalue weighted by molar-refractivity contribution is -0.121. The van der Waals surface area contributed by atoms with E-state index < -0.39 is 0 Å². The molecule has 1 atom stereocenters. The Balaban J connectivity index is 1.25. The van der Waals surface area contributed by atoms with Crippen LogP contribution in [0.3, 0.4) is 0 Å². The quantitative estimate of drug-likeness (QED) is 0.712. The Morgan fingerprint density at radius 2 is 1.93 bits per heavy atom. The monoisotopic (exact) mass is 377 g/mol. The number of benzene rings is 2. The number of nitrogens with one attached hydrogen (secondary N) is 1. The van der Waals surface area contributed by atoms with Crippen molar-refractivity contribution in [3.8, 4) is 17.1 Å². The second-order valence-electron chi connectivity index (χ2n) is 7.00. The smallest absolute Gasteiger partial charge is 0.227 e. The van der Waals surface area contributed by atoms with Crippen molar-refractivity contribution in [1.82, 2.24) is 15.5 Å². The van der Waals surface area contributed by atoms with Gasteiger partial charge in [-0.2, -0.15) is 4.98 Å². The summed E-state index contributed by atoms with van der Waals surface area (Å²) in [6, 6.07) is 17.8. The van der Waals surface area contributed by atoms with Crippen LogP contribution in [0.15, 0.2) is 59.1 Å². The normalized spacial score (nSPS) is 15.9. The van der Waals surface area contributed by atoms with E-state index in [1.54, 1.807) is 0 Å². The molecule has 2 heterocycles. The highest BCUT2D eigenvalue weighted by Gasteiger charge is 2.18. The second-order valence-corrected chi connectivity index (χ2v) is 7.00. The van der Waals surface area contributed by atoms with Gasteiger partial charge in [-0.3, -0.25) is 4.79 Å². The van der Waals surface area contributed by atoms with Gasteiger partial charge in [0, 0.05) is 24.9 Å². The molecule has 0 fully saturated rings. The van der Waals surface area contributed by atoms with Gasteiger partial charge in [-0.1, -0.05) is 53.7 Å². The topological polar surface area (TPSA) is 77.2 Å². The summed E-state index contributed by atoms with van der Waals surface area (Å²) in [7, 11) is 0. The summed E-state index contributed by atoms with van der Waals surface area (Å²) in [5.74, 6) is 2.36. The number of carbonyl (C=O) groups is 1. The van der Waals surface area contributed by atoms with Gasteiger partial charge in [-0.05, 0) is 30.4 Å². The molecule has 28 heavy (non-hydrogen) atoms. The maximum Gasteiger partial charge on any atom is 0.227 e. The van der Waals surface area contributed by atoms with E-state index in [0.717, 1.165) is 24.2 Å². The predicted molar refractivity (Wildman–Crippen MR) is 105 cm³/mol. The van der Waals surface area contributed by atoms with Crippen LogP contribution in [0, 0.1) is 5.92 Å². The van der Waals surface area contributed by atoms with E-state index in [1.807, 2.05) is 48.5 Å². The number of hydrogen-bond donors (Lipinski definition) is 1. The number of nitrogens with zero attached hydrogens (tertiary/aromatic N) is 2. The van der Waals surface area contributed by atoms with E-state index in [-0.39, 0.29) is 5.91 Å². The van der Waals surface area contributed by atoms with Crippen LogP contribution >= 0.6 is 0 Å². The summed E-state index contributed by atoms with van der Waals surface area (Å²) in [5.41, 5.74) is 2.11. The SMILES string of the molecule is O=C(CCc1nc(-c2ccccc2)no1)NC[C@H]1CCOc2ccccc2C1. The maximum atomic E-state index is 12.2. The summed E-state index contributed by atoms with van der Waals surface area (Å²) in [5, 5.41) is 7.02. The van der Waals surface area contributed by atoms with Crippen molar-refractivity contribution >= 4 is 5.91 Å². The third-order valence-corrected chi connectivity index (χ3v) is 4.92. The molecular formula is C22H23N3O3. The Kier molecular flexibility index (Phi) is 5.66. The molecule has 2 aromatic carbocycles. The Hall–Kier alpha value is -3.15. The standard InChI is InChI=1S/C22H23N3O3/c26-20(10-11-21-24-22(25-28-21)17-6-2-1-3-7-17)23-15-16-12-13-27-19-9-5-4-8-18(19)14-16/h1-9,16H,10-15H2,(H,23,26)/t16-/m0/s1. The Morgan fingerprint density at radius 1 is 1.11 bits per heavy atom. The van der Waals surface area contributed by atoms with Crippen LogP contribution in [0.5, 0.6) is 5.75 Å². The highest BCUT2D eigenvalue weighted by atomic mass is 16.5. The number of rotatable bonds is 6. The van der Waals surface area contributed by atoms with Crippen molar-refractivity contribution in [3.63, 3.8) is 0 Å². The van der Waals surface area contributed by atoms with Crippen LogP contribution in [0.4, 0.5) is 0 Å². The highest BCUT2D eigenvalue weighted by Crippen LogP contribution is 2.26. The van der Waals surface area contributed by atoms with Crippen molar-refractivity contribution < 1.29 is 14.1 Å². The number of aryl methyl sites for hydroxylation is 1. The molecule has 4 rings (SSSR count). The second kappa shape index (κ2) is 8.69. The minimum absolute atomic E-state index is 0.00193. The fourth-order valence-electron chi connectivity index (χ4n) is 3.36. The van der Waals surface area contributed by atoms with Gasteiger partial charge in [0.2, 0.25) is 17.6 Å². The van der Waals surface area contributed by atoms with E-state index >= 15 is 0 Å². The number of aromatic nitrogens is 2. The van der Waals surface area contributed by atoms with Gasteiger partial charge in [0.15, 0.2) is 0 Å². The van der Waals surface area contributed by atoms with E-state index in [9.17, 15) is 4.79 Å². The van der Waals surface area contributed by atoms with Crippen molar-refractivity contribution in [2.45, 2.75) is 25.7 Å². The maximum absolute atomic E-state index is 12.2. The molecule has 0 saturated heterocycles. The summed E-state index contributed by atoms with van der Waals surface area (Å²) < 4.78 is 11.1. The van der Waals surface area contributed by atoms with Gasteiger partial charge in [0.1, 0.15) is 5.75 Å². The van der Waals surface area contributed by atoms with Gasteiger partial charge in [0.05, 0.1) is 6.61 Å². The number of amides is 1. The number of ether oxygens (including phenoxy) is 1. The average molecular weight is 377 g/mol. The molecule has 1 N–H and O–H groups in total. The Labute approximate surface area is 163 Å². The van der Waals surface area contributed by atoms with Crippen LogP contribution in [0.2, 0.25) is 0 Å². The molecule has 1 aliphatic rings. The molecule has 1 aromatic heterocycles. The molecule has 6 heteroatoms. The van der Waals surface area contributed by atoms with E-state index in [0.29, 0.717) is 43.6 Å². The summed E-state index contributed by atoms with van der Waals surface area (Å²) >= 11 is 0. The van der Waals surface area contributed by atoms with E-state index in [4.69, 9.17) is 9.26 Å². The van der Waals surface area contributed by atoms with Gasteiger partial charge in [-0.25, -0.2) is 0 Å². The zero-order valence-electron chi connectivity index (χ0n) is 15.6. The number of hydrogen-bond acceptors (Lipinski definition) is 5. The first-order valence-corrected chi connectivity index (χ1v) is 9.63. The zero-order chi connectivity index (χ0) is 19.2. The van der Waals surface area contributed by atoms with Gasteiger partial charge >= 0.3 is 0 Å². The third kappa shape index (κ3) is 4.57. The van der Waals surface area contributed by atoms with Crippen LogP contribution in [0.25, 0.3) is 11.4 Å². The molecule has 0 bridgehead atoms. The first-order chi connectivity index (χ1) is 13.8. The first-order valence-electron chi connectivity index (χ1n) is 9.63. The molecule has 6 nitrogen and oxygen atoms in total. The third-order valence-electron chi connectivity index (χ3n) is 4.92. The van der Waals surface area contributed by atoms with Crippen LogP contribution in [-0.4, -0.2) is 29.2 Å². The number of carbonyl (C=O) groups excluding carboxylic acids is 1. The molecule has 0 spiro atoms. The average Bonchev–Trinajstić information content (AvgIpc) is 3.11. The van der Waals surface area contributed by atoms with Crippen molar-refractivity contribution in [3.05, 3.63) is 66.1 Å². The van der Waals surface area contributed by atoms with Crippen LogP contribution < -0.4 is 10.1 Å². The summed E-state index contributed by atoms with van der Waals surface area (Å²) in [6.07, 6.45) is 2.61. The van der Waals surface area contributed by atoms with Gasteiger partial charge < -0.3 is 14.6 Å².